The molecule has 0 spiro atoms. The summed E-state index contributed by atoms with van der Waals surface area (Å²) in [7, 11) is 0. The van der Waals surface area contributed by atoms with E-state index in [-0.39, 0.29) is 18.3 Å². The minimum atomic E-state index is -0.540. The van der Waals surface area contributed by atoms with Crippen LogP contribution in [0.4, 0.5) is 0 Å². The van der Waals surface area contributed by atoms with E-state index in [9.17, 15) is 5.11 Å². The van der Waals surface area contributed by atoms with E-state index < -0.39 is 12.1 Å². The van der Waals surface area contributed by atoms with E-state index in [4.69, 9.17) is 28.9 Å². The SMILES string of the molecule is Cl.N[C@H](c1cccc(Cl)c1Cl)[C@@H](O)C1CCCCC1. The summed E-state index contributed by atoms with van der Waals surface area (Å²) in [4.78, 5) is 0. The summed E-state index contributed by atoms with van der Waals surface area (Å²) in [5, 5.41) is 11.3. The van der Waals surface area contributed by atoms with Crippen LogP contribution in [0.25, 0.3) is 0 Å². The number of halogens is 3. The topological polar surface area (TPSA) is 46.2 Å². The molecule has 0 aliphatic heterocycles. The van der Waals surface area contributed by atoms with Crippen LogP contribution >= 0.6 is 35.6 Å². The average Bonchev–Trinajstić information content (AvgIpc) is 2.41. The van der Waals surface area contributed by atoms with Gasteiger partial charge in [-0.05, 0) is 30.4 Å². The summed E-state index contributed by atoms with van der Waals surface area (Å²) in [5.41, 5.74) is 6.88. The highest BCUT2D eigenvalue weighted by atomic mass is 35.5. The van der Waals surface area contributed by atoms with E-state index in [1.807, 2.05) is 12.1 Å². The maximum atomic E-state index is 10.4. The first kappa shape index (κ1) is 17.1. The highest BCUT2D eigenvalue weighted by Gasteiger charge is 2.28. The second-order valence-corrected chi connectivity index (χ2v) is 5.84. The Labute approximate surface area is 130 Å². The van der Waals surface area contributed by atoms with E-state index in [0.29, 0.717) is 10.0 Å². The summed E-state index contributed by atoms with van der Waals surface area (Å²) in [6.45, 7) is 0. The van der Waals surface area contributed by atoms with Crippen molar-refractivity contribution in [1.29, 1.82) is 0 Å². The molecular weight excluding hydrogens is 305 g/mol. The van der Waals surface area contributed by atoms with Crippen molar-refractivity contribution >= 4 is 35.6 Å². The first-order valence-electron chi connectivity index (χ1n) is 6.49. The molecule has 0 radical (unpaired) electrons. The Hall–Kier alpha value is 0.01000. The average molecular weight is 325 g/mol. The van der Waals surface area contributed by atoms with Crippen molar-refractivity contribution in [2.75, 3.05) is 0 Å². The summed E-state index contributed by atoms with van der Waals surface area (Å²) in [6.07, 6.45) is 5.17. The molecule has 5 heteroatoms. The molecule has 0 amide bonds. The molecule has 1 fully saturated rings. The maximum absolute atomic E-state index is 10.4. The predicted octanol–water partition coefficient (Wildman–Crippen LogP) is 4.36. The van der Waals surface area contributed by atoms with Gasteiger partial charge >= 0.3 is 0 Å². The molecule has 1 saturated carbocycles. The summed E-state index contributed by atoms with van der Waals surface area (Å²) in [6, 6.07) is 4.92. The predicted molar refractivity (Wildman–Crippen MR) is 83.2 cm³/mol. The highest BCUT2D eigenvalue weighted by Crippen LogP contribution is 2.35. The molecule has 3 N–H and O–H groups in total. The molecule has 1 aromatic rings. The number of benzene rings is 1. The van der Waals surface area contributed by atoms with Gasteiger partial charge in [0.25, 0.3) is 0 Å². The van der Waals surface area contributed by atoms with Crippen LogP contribution in [0.1, 0.15) is 43.7 Å². The van der Waals surface area contributed by atoms with Crippen LogP contribution in [0, 0.1) is 5.92 Å². The second kappa shape index (κ2) is 7.70. The lowest BCUT2D eigenvalue weighted by atomic mass is 9.81. The van der Waals surface area contributed by atoms with Crippen molar-refractivity contribution < 1.29 is 5.11 Å². The second-order valence-electron chi connectivity index (χ2n) is 5.06. The third-order valence-electron chi connectivity index (χ3n) is 3.84. The molecule has 0 unspecified atom stereocenters. The minimum absolute atomic E-state index is 0. The van der Waals surface area contributed by atoms with Gasteiger partial charge in [-0.3, -0.25) is 0 Å². The number of nitrogens with two attached hydrogens (primary N) is 1. The van der Waals surface area contributed by atoms with E-state index >= 15 is 0 Å². The van der Waals surface area contributed by atoms with Gasteiger partial charge in [0.2, 0.25) is 0 Å². The quantitative estimate of drug-likeness (QED) is 0.868. The lowest BCUT2D eigenvalue weighted by molar-refractivity contribution is 0.0618. The monoisotopic (exact) mass is 323 g/mol. The normalized spacial score (nSPS) is 19.6. The molecule has 2 atom stereocenters. The number of hydrogen-bond donors (Lipinski definition) is 2. The summed E-state index contributed by atoms with van der Waals surface area (Å²) in [5.74, 6) is 0.281. The smallest absolute Gasteiger partial charge is 0.0761 e. The summed E-state index contributed by atoms with van der Waals surface area (Å²) >= 11 is 12.1. The van der Waals surface area contributed by atoms with Crippen LogP contribution in [0.5, 0.6) is 0 Å². The van der Waals surface area contributed by atoms with Gasteiger partial charge in [-0.2, -0.15) is 0 Å². The molecule has 0 heterocycles. The van der Waals surface area contributed by atoms with Crippen LogP contribution in [-0.4, -0.2) is 11.2 Å². The molecule has 2 rings (SSSR count). The fourth-order valence-electron chi connectivity index (χ4n) is 2.73. The van der Waals surface area contributed by atoms with Crippen molar-refractivity contribution in [1.82, 2.24) is 0 Å². The van der Waals surface area contributed by atoms with Crippen LogP contribution in [0.2, 0.25) is 10.0 Å². The Morgan fingerprint density at radius 1 is 1.16 bits per heavy atom. The Balaban J connectivity index is 0.00000180. The maximum Gasteiger partial charge on any atom is 0.0761 e. The molecular formula is C14H20Cl3NO. The zero-order valence-corrected chi connectivity index (χ0v) is 13.0. The van der Waals surface area contributed by atoms with Gasteiger partial charge in [0.05, 0.1) is 22.2 Å². The van der Waals surface area contributed by atoms with E-state index in [1.165, 1.54) is 19.3 Å². The molecule has 108 valence electrons. The fraction of sp³-hybridized carbons (Fsp3) is 0.571. The zero-order valence-electron chi connectivity index (χ0n) is 10.7. The van der Waals surface area contributed by atoms with Crippen LogP contribution in [-0.2, 0) is 0 Å². The van der Waals surface area contributed by atoms with Gasteiger partial charge in [0, 0.05) is 0 Å². The fourth-order valence-corrected chi connectivity index (χ4v) is 3.16. The van der Waals surface area contributed by atoms with Gasteiger partial charge in [-0.25, -0.2) is 0 Å². The molecule has 0 bridgehead atoms. The highest BCUT2D eigenvalue weighted by molar-refractivity contribution is 6.42. The van der Waals surface area contributed by atoms with Gasteiger partial charge in [-0.1, -0.05) is 54.6 Å². The van der Waals surface area contributed by atoms with Crippen LogP contribution in [0.15, 0.2) is 18.2 Å². The van der Waals surface area contributed by atoms with Gasteiger partial charge in [-0.15, -0.1) is 12.4 Å². The first-order chi connectivity index (χ1) is 8.61. The Bertz CT molecular complexity index is 408. The van der Waals surface area contributed by atoms with Gasteiger partial charge < -0.3 is 10.8 Å². The van der Waals surface area contributed by atoms with Gasteiger partial charge in [0.1, 0.15) is 0 Å². The number of aliphatic hydroxyl groups excluding tert-OH is 1. The van der Waals surface area contributed by atoms with E-state index in [2.05, 4.69) is 0 Å². The molecule has 0 aromatic heterocycles. The van der Waals surface area contributed by atoms with Crippen LogP contribution in [0.3, 0.4) is 0 Å². The summed E-state index contributed by atoms with van der Waals surface area (Å²) < 4.78 is 0. The standard InChI is InChI=1S/C14H19Cl2NO.ClH/c15-11-8-4-7-10(12(11)16)13(17)14(18)9-5-2-1-3-6-9;/h4,7-9,13-14,18H,1-3,5-6,17H2;1H/t13-,14+;/m1./s1. The lowest BCUT2D eigenvalue weighted by Crippen LogP contribution is -2.34. The minimum Gasteiger partial charge on any atom is -0.391 e. The van der Waals surface area contributed by atoms with Crippen LogP contribution < -0.4 is 5.73 Å². The number of aliphatic hydroxyl groups is 1. The Morgan fingerprint density at radius 2 is 1.79 bits per heavy atom. The lowest BCUT2D eigenvalue weighted by Gasteiger charge is -2.31. The Morgan fingerprint density at radius 3 is 2.42 bits per heavy atom. The van der Waals surface area contributed by atoms with Crippen molar-refractivity contribution in [3.8, 4) is 0 Å². The van der Waals surface area contributed by atoms with Crippen molar-refractivity contribution in [2.45, 2.75) is 44.2 Å². The molecule has 2 nitrogen and oxygen atoms in total. The third-order valence-corrected chi connectivity index (χ3v) is 4.67. The number of hydrogen-bond acceptors (Lipinski definition) is 2. The first-order valence-corrected chi connectivity index (χ1v) is 7.24. The van der Waals surface area contributed by atoms with Crippen molar-refractivity contribution in [3.05, 3.63) is 33.8 Å². The van der Waals surface area contributed by atoms with E-state index in [1.54, 1.807) is 6.07 Å². The molecule has 1 aliphatic rings. The van der Waals surface area contributed by atoms with Crippen molar-refractivity contribution in [2.24, 2.45) is 11.7 Å². The van der Waals surface area contributed by atoms with E-state index in [0.717, 1.165) is 18.4 Å². The van der Waals surface area contributed by atoms with Gasteiger partial charge in [0.15, 0.2) is 0 Å². The Kier molecular flexibility index (Phi) is 6.92. The third kappa shape index (κ3) is 3.99. The molecule has 19 heavy (non-hydrogen) atoms. The molecule has 1 aliphatic carbocycles. The molecule has 0 saturated heterocycles. The largest absolute Gasteiger partial charge is 0.391 e. The molecule has 1 aromatic carbocycles. The zero-order chi connectivity index (χ0) is 13.1. The van der Waals surface area contributed by atoms with Crippen molar-refractivity contribution in [3.63, 3.8) is 0 Å². The number of rotatable bonds is 3.